The highest BCUT2D eigenvalue weighted by atomic mass is 32.2. The summed E-state index contributed by atoms with van der Waals surface area (Å²) in [4.78, 5) is 8.19. The van der Waals surface area contributed by atoms with Crippen molar-refractivity contribution >= 4 is 10.0 Å². The van der Waals surface area contributed by atoms with Crippen molar-refractivity contribution < 1.29 is 17.9 Å². The van der Waals surface area contributed by atoms with Crippen LogP contribution in [0.15, 0.2) is 35.4 Å². The van der Waals surface area contributed by atoms with E-state index in [1.807, 2.05) is 0 Å². The van der Waals surface area contributed by atoms with E-state index in [2.05, 4.69) is 9.97 Å². The lowest BCUT2D eigenvalue weighted by Gasteiger charge is -2.20. The topological polar surface area (TPSA) is 130 Å². The van der Waals surface area contributed by atoms with Gasteiger partial charge < -0.3 is 15.2 Å². The monoisotopic (exact) mass is 338 g/mol. The zero-order valence-electron chi connectivity index (χ0n) is 13.0. The number of nitrogens with two attached hydrogens (primary N) is 2. The number of rotatable bonds is 5. The molecule has 0 aliphatic carbocycles. The largest absolute Gasteiger partial charge is 0.493 e. The first-order chi connectivity index (χ1) is 10.6. The third kappa shape index (κ3) is 4.15. The van der Waals surface area contributed by atoms with E-state index in [1.165, 1.54) is 31.5 Å². The van der Waals surface area contributed by atoms with Crippen molar-refractivity contribution in [2.45, 2.75) is 24.3 Å². The Kier molecular flexibility index (Phi) is 4.55. The molecule has 0 fully saturated rings. The van der Waals surface area contributed by atoms with Gasteiger partial charge in [-0.2, -0.15) is 9.97 Å². The molecule has 0 spiro atoms. The first kappa shape index (κ1) is 17.1. The average Bonchev–Trinajstić information content (AvgIpc) is 2.46. The van der Waals surface area contributed by atoms with Gasteiger partial charge in [-0.1, -0.05) is 6.07 Å². The number of primary sulfonamides is 1. The summed E-state index contributed by atoms with van der Waals surface area (Å²) in [7, 11) is -2.33. The number of benzene rings is 1. The van der Waals surface area contributed by atoms with Crippen LogP contribution < -0.4 is 20.3 Å². The van der Waals surface area contributed by atoms with Gasteiger partial charge in [-0.05, 0) is 26.0 Å². The van der Waals surface area contributed by atoms with Gasteiger partial charge in [0.15, 0.2) is 5.75 Å². The molecule has 0 saturated carbocycles. The number of nitrogens with zero attached hydrogens (tertiary/aromatic N) is 2. The predicted molar refractivity (Wildman–Crippen MR) is 83.7 cm³/mol. The maximum atomic E-state index is 11.4. The molecule has 1 aromatic heterocycles. The maximum absolute atomic E-state index is 11.4. The van der Waals surface area contributed by atoms with Crippen LogP contribution in [0, 0.1) is 0 Å². The van der Waals surface area contributed by atoms with Crippen LogP contribution in [0.4, 0.5) is 0 Å². The van der Waals surface area contributed by atoms with E-state index in [0.29, 0.717) is 11.4 Å². The molecule has 23 heavy (non-hydrogen) atoms. The number of hydrogen-bond acceptors (Lipinski definition) is 7. The van der Waals surface area contributed by atoms with Crippen LogP contribution in [0.1, 0.15) is 19.5 Å². The minimum Gasteiger partial charge on any atom is -0.493 e. The van der Waals surface area contributed by atoms with Gasteiger partial charge in [-0.15, -0.1) is 0 Å². The highest BCUT2D eigenvalue weighted by Gasteiger charge is 2.23. The molecule has 9 heteroatoms. The van der Waals surface area contributed by atoms with E-state index >= 15 is 0 Å². The Balaban J connectivity index is 2.38. The summed E-state index contributed by atoms with van der Waals surface area (Å²) in [6.45, 7) is 3.53. The second-order valence-electron chi connectivity index (χ2n) is 5.41. The summed E-state index contributed by atoms with van der Waals surface area (Å²) in [5.74, 6) is 0.672. The quantitative estimate of drug-likeness (QED) is 0.835. The summed E-state index contributed by atoms with van der Waals surface area (Å²) in [5, 5.41) is 5.09. The molecule has 0 aliphatic rings. The number of hydrogen-bond donors (Lipinski definition) is 2. The lowest BCUT2D eigenvalue weighted by molar-refractivity contribution is 0.371. The van der Waals surface area contributed by atoms with Gasteiger partial charge >= 0.3 is 6.01 Å². The van der Waals surface area contributed by atoms with E-state index in [9.17, 15) is 8.42 Å². The SMILES string of the molecule is COc1cnc(Oc2cccc(S(N)(=O)=O)c2)nc1C(C)(C)N. The molecule has 8 nitrogen and oxygen atoms in total. The van der Waals surface area contributed by atoms with Crippen molar-refractivity contribution in [2.24, 2.45) is 10.9 Å². The summed E-state index contributed by atoms with van der Waals surface area (Å²) in [6.07, 6.45) is 1.44. The van der Waals surface area contributed by atoms with Crippen molar-refractivity contribution in [2.75, 3.05) is 7.11 Å². The third-order valence-electron chi connectivity index (χ3n) is 2.91. The molecule has 0 bridgehead atoms. The standard InChI is InChI=1S/C14H18N4O4S/c1-14(2,15)12-11(21-3)8-17-13(18-12)22-9-5-4-6-10(7-9)23(16,19)20/h4-8H,15H2,1-3H3,(H2,16,19,20). The van der Waals surface area contributed by atoms with Crippen LogP contribution in [0.25, 0.3) is 0 Å². The normalized spacial score (nSPS) is 12.0. The van der Waals surface area contributed by atoms with Crippen LogP contribution >= 0.6 is 0 Å². The van der Waals surface area contributed by atoms with Gasteiger partial charge in [0, 0.05) is 6.07 Å². The van der Waals surface area contributed by atoms with Gasteiger partial charge in [0.25, 0.3) is 0 Å². The van der Waals surface area contributed by atoms with E-state index < -0.39 is 15.6 Å². The minimum atomic E-state index is -3.82. The average molecular weight is 338 g/mol. The second kappa shape index (κ2) is 6.11. The molecule has 0 aliphatic heterocycles. The maximum Gasteiger partial charge on any atom is 0.322 e. The van der Waals surface area contributed by atoms with E-state index in [1.54, 1.807) is 19.9 Å². The van der Waals surface area contributed by atoms with Crippen molar-refractivity contribution in [3.63, 3.8) is 0 Å². The lowest BCUT2D eigenvalue weighted by atomic mass is 10.0. The van der Waals surface area contributed by atoms with E-state index in [4.69, 9.17) is 20.3 Å². The Morgan fingerprint density at radius 2 is 1.96 bits per heavy atom. The highest BCUT2D eigenvalue weighted by molar-refractivity contribution is 7.89. The Bertz CT molecular complexity index is 816. The van der Waals surface area contributed by atoms with Crippen molar-refractivity contribution in [1.29, 1.82) is 0 Å². The predicted octanol–water partition coefficient (Wildman–Crippen LogP) is 1.12. The molecule has 1 aromatic carbocycles. The molecule has 2 aromatic rings. The zero-order valence-corrected chi connectivity index (χ0v) is 13.8. The molecule has 0 radical (unpaired) electrons. The summed E-state index contributed by atoms with van der Waals surface area (Å²) < 4.78 is 33.4. The van der Waals surface area contributed by atoms with Crippen LogP contribution in [-0.2, 0) is 15.6 Å². The third-order valence-corrected chi connectivity index (χ3v) is 3.82. The van der Waals surface area contributed by atoms with Crippen molar-refractivity contribution in [3.8, 4) is 17.5 Å². The van der Waals surface area contributed by atoms with Gasteiger partial charge in [0.2, 0.25) is 10.0 Å². The summed E-state index contributed by atoms with van der Waals surface area (Å²) in [6, 6.07) is 5.75. The van der Waals surface area contributed by atoms with Crippen molar-refractivity contribution in [3.05, 3.63) is 36.2 Å². The Morgan fingerprint density at radius 1 is 1.26 bits per heavy atom. The number of methoxy groups -OCH3 is 1. The molecule has 124 valence electrons. The van der Waals surface area contributed by atoms with Gasteiger partial charge in [-0.3, -0.25) is 0 Å². The van der Waals surface area contributed by atoms with Gasteiger partial charge in [0.1, 0.15) is 11.4 Å². The zero-order chi connectivity index (χ0) is 17.3. The van der Waals surface area contributed by atoms with Gasteiger partial charge in [0.05, 0.1) is 23.7 Å². The Labute approximate surface area is 134 Å². The second-order valence-corrected chi connectivity index (χ2v) is 6.97. The summed E-state index contributed by atoms with van der Waals surface area (Å²) in [5.41, 5.74) is 5.75. The number of sulfonamides is 1. The van der Waals surface area contributed by atoms with Crippen molar-refractivity contribution in [1.82, 2.24) is 9.97 Å². The number of ether oxygens (including phenoxy) is 2. The van der Waals surface area contributed by atoms with Gasteiger partial charge in [-0.25, -0.2) is 13.6 Å². The molecular formula is C14H18N4O4S. The summed E-state index contributed by atoms with van der Waals surface area (Å²) >= 11 is 0. The molecule has 4 N–H and O–H groups in total. The Morgan fingerprint density at radius 3 is 2.52 bits per heavy atom. The van der Waals surface area contributed by atoms with E-state index in [-0.39, 0.29) is 16.7 Å². The minimum absolute atomic E-state index is 0.0193. The van der Waals surface area contributed by atoms with Crippen LogP contribution in [-0.4, -0.2) is 25.5 Å². The van der Waals surface area contributed by atoms with Crippen LogP contribution in [0.5, 0.6) is 17.5 Å². The molecule has 0 atom stereocenters. The Hall–Kier alpha value is -2.23. The fourth-order valence-electron chi connectivity index (χ4n) is 1.83. The molecule has 1 heterocycles. The van der Waals surface area contributed by atoms with Crippen LogP contribution in [0.2, 0.25) is 0 Å². The first-order valence-electron chi connectivity index (χ1n) is 6.62. The highest BCUT2D eigenvalue weighted by Crippen LogP contribution is 2.28. The molecule has 2 rings (SSSR count). The molecule has 0 unspecified atom stereocenters. The number of aromatic nitrogens is 2. The fourth-order valence-corrected chi connectivity index (χ4v) is 2.38. The fraction of sp³-hybridized carbons (Fsp3) is 0.286. The molecule has 0 amide bonds. The molecular weight excluding hydrogens is 320 g/mol. The first-order valence-corrected chi connectivity index (χ1v) is 8.17. The smallest absolute Gasteiger partial charge is 0.322 e. The molecule has 0 saturated heterocycles. The lowest BCUT2D eigenvalue weighted by Crippen LogP contribution is -2.30. The van der Waals surface area contributed by atoms with Crippen LogP contribution in [0.3, 0.4) is 0 Å². The van der Waals surface area contributed by atoms with E-state index in [0.717, 1.165) is 0 Å².